The summed E-state index contributed by atoms with van der Waals surface area (Å²) in [6.07, 6.45) is 3.95. The standard InChI is InChI=1S/C21H31ClN6S/c1-17-16-26-20(29-17)8-10-25-21(23-2)24-9-5-11-27-12-14-28(15-13-27)19-7-4-3-6-18(19)22/h3-4,6-7,16H,5,8-15H2,1-2H3,(H2,23,24,25). The van der Waals surface area contributed by atoms with Gasteiger partial charge in [-0.1, -0.05) is 23.7 Å². The molecule has 0 spiro atoms. The van der Waals surface area contributed by atoms with Gasteiger partial charge in [0, 0.05) is 63.8 Å². The van der Waals surface area contributed by atoms with Crippen molar-refractivity contribution in [2.45, 2.75) is 19.8 Å². The van der Waals surface area contributed by atoms with Gasteiger partial charge in [0.15, 0.2) is 5.96 Å². The number of halogens is 1. The lowest BCUT2D eigenvalue weighted by molar-refractivity contribution is 0.255. The SMILES string of the molecule is CN=C(NCCCN1CCN(c2ccccc2Cl)CC1)NCCc1ncc(C)s1. The maximum Gasteiger partial charge on any atom is 0.190 e. The minimum atomic E-state index is 0.842. The van der Waals surface area contributed by atoms with E-state index in [9.17, 15) is 0 Å². The molecular weight excluding hydrogens is 404 g/mol. The highest BCUT2D eigenvalue weighted by Crippen LogP contribution is 2.25. The monoisotopic (exact) mass is 434 g/mol. The molecule has 1 aromatic heterocycles. The predicted molar refractivity (Wildman–Crippen MR) is 125 cm³/mol. The lowest BCUT2D eigenvalue weighted by Gasteiger charge is -2.36. The summed E-state index contributed by atoms with van der Waals surface area (Å²) in [6, 6.07) is 8.11. The third-order valence-corrected chi connectivity index (χ3v) is 6.33. The molecule has 2 N–H and O–H groups in total. The van der Waals surface area contributed by atoms with Gasteiger partial charge in [0.2, 0.25) is 0 Å². The van der Waals surface area contributed by atoms with Crippen molar-refractivity contribution in [3.05, 3.63) is 45.4 Å². The Kier molecular flexibility index (Phi) is 8.58. The molecule has 3 rings (SSSR count). The molecule has 2 heterocycles. The van der Waals surface area contributed by atoms with Crippen LogP contribution in [0.1, 0.15) is 16.3 Å². The quantitative estimate of drug-likeness (QED) is 0.380. The Morgan fingerprint density at radius 3 is 2.62 bits per heavy atom. The van der Waals surface area contributed by atoms with Crippen LogP contribution in [-0.2, 0) is 6.42 Å². The zero-order valence-corrected chi connectivity index (χ0v) is 18.9. The van der Waals surface area contributed by atoms with Crippen LogP contribution >= 0.6 is 22.9 Å². The van der Waals surface area contributed by atoms with E-state index in [2.05, 4.69) is 49.5 Å². The van der Waals surface area contributed by atoms with Gasteiger partial charge < -0.3 is 15.5 Å². The summed E-state index contributed by atoms with van der Waals surface area (Å²) in [4.78, 5) is 14.9. The number of benzene rings is 1. The summed E-state index contributed by atoms with van der Waals surface area (Å²) in [5.41, 5.74) is 1.15. The van der Waals surface area contributed by atoms with Gasteiger partial charge in [-0.15, -0.1) is 11.3 Å². The lowest BCUT2D eigenvalue weighted by Crippen LogP contribution is -2.47. The van der Waals surface area contributed by atoms with Crippen LogP contribution in [0.25, 0.3) is 0 Å². The summed E-state index contributed by atoms with van der Waals surface area (Å²) < 4.78 is 0. The first-order valence-corrected chi connectivity index (χ1v) is 11.4. The minimum absolute atomic E-state index is 0.842. The summed E-state index contributed by atoms with van der Waals surface area (Å²) in [6.45, 7) is 9.14. The van der Waals surface area contributed by atoms with Crippen molar-refractivity contribution in [3.8, 4) is 0 Å². The number of guanidine groups is 1. The number of piperazine rings is 1. The molecule has 1 aromatic carbocycles. The second kappa shape index (κ2) is 11.4. The number of aryl methyl sites for hydroxylation is 1. The highest BCUT2D eigenvalue weighted by Gasteiger charge is 2.18. The molecule has 0 unspecified atom stereocenters. The van der Waals surface area contributed by atoms with Gasteiger partial charge in [-0.3, -0.25) is 9.89 Å². The van der Waals surface area contributed by atoms with Crippen molar-refractivity contribution in [1.29, 1.82) is 0 Å². The molecule has 0 saturated carbocycles. The van der Waals surface area contributed by atoms with Crippen LogP contribution in [0.2, 0.25) is 5.02 Å². The Morgan fingerprint density at radius 2 is 1.93 bits per heavy atom. The molecule has 2 aromatic rings. The van der Waals surface area contributed by atoms with Gasteiger partial charge in [-0.2, -0.15) is 0 Å². The molecule has 1 aliphatic rings. The molecule has 0 atom stereocenters. The fourth-order valence-electron chi connectivity index (χ4n) is 3.46. The van der Waals surface area contributed by atoms with E-state index in [0.717, 1.165) is 75.3 Å². The average molecular weight is 435 g/mol. The number of nitrogens with zero attached hydrogens (tertiary/aromatic N) is 4. The smallest absolute Gasteiger partial charge is 0.190 e. The number of para-hydroxylation sites is 1. The number of rotatable bonds is 8. The number of aromatic nitrogens is 1. The van der Waals surface area contributed by atoms with Crippen molar-refractivity contribution in [3.63, 3.8) is 0 Å². The number of hydrogen-bond acceptors (Lipinski definition) is 5. The van der Waals surface area contributed by atoms with Gasteiger partial charge in [0.25, 0.3) is 0 Å². The Labute approximate surface area is 183 Å². The van der Waals surface area contributed by atoms with Gasteiger partial charge >= 0.3 is 0 Å². The van der Waals surface area contributed by atoms with Crippen molar-refractivity contribution in [2.24, 2.45) is 4.99 Å². The third-order valence-electron chi connectivity index (χ3n) is 5.03. The normalized spacial score (nSPS) is 15.6. The van der Waals surface area contributed by atoms with Crippen molar-refractivity contribution >= 4 is 34.6 Å². The van der Waals surface area contributed by atoms with Crippen molar-refractivity contribution in [1.82, 2.24) is 20.5 Å². The molecule has 1 saturated heterocycles. The molecule has 0 radical (unpaired) electrons. The highest BCUT2D eigenvalue weighted by molar-refractivity contribution is 7.11. The highest BCUT2D eigenvalue weighted by atomic mass is 35.5. The average Bonchev–Trinajstić information content (AvgIpc) is 3.15. The number of aliphatic imine (C=N–C) groups is 1. The molecule has 1 aliphatic heterocycles. The zero-order chi connectivity index (χ0) is 20.5. The van der Waals surface area contributed by atoms with E-state index in [-0.39, 0.29) is 0 Å². The Bertz CT molecular complexity index is 785. The van der Waals surface area contributed by atoms with E-state index in [1.807, 2.05) is 25.4 Å². The molecule has 8 heteroatoms. The molecule has 0 amide bonds. The molecule has 0 aliphatic carbocycles. The molecule has 0 bridgehead atoms. The van der Waals surface area contributed by atoms with E-state index in [1.54, 1.807) is 11.3 Å². The first-order valence-electron chi connectivity index (χ1n) is 10.2. The Balaban J connectivity index is 1.28. The molecular formula is C21H31ClN6S. The summed E-state index contributed by atoms with van der Waals surface area (Å²) >= 11 is 8.08. The largest absolute Gasteiger partial charge is 0.368 e. The number of thiazole rings is 1. The maximum absolute atomic E-state index is 6.33. The van der Waals surface area contributed by atoms with Crippen molar-refractivity contribution in [2.75, 3.05) is 57.8 Å². The van der Waals surface area contributed by atoms with Gasteiger partial charge in [-0.05, 0) is 32.0 Å². The fourth-order valence-corrected chi connectivity index (χ4v) is 4.50. The van der Waals surface area contributed by atoms with Crippen LogP contribution < -0.4 is 15.5 Å². The van der Waals surface area contributed by atoms with E-state index >= 15 is 0 Å². The van der Waals surface area contributed by atoms with E-state index < -0.39 is 0 Å². The van der Waals surface area contributed by atoms with Crippen LogP contribution in [0, 0.1) is 6.92 Å². The number of anilines is 1. The topological polar surface area (TPSA) is 55.8 Å². The molecule has 1 fully saturated rings. The maximum atomic E-state index is 6.33. The van der Waals surface area contributed by atoms with Gasteiger partial charge in [0.05, 0.1) is 15.7 Å². The first-order chi connectivity index (χ1) is 14.2. The van der Waals surface area contributed by atoms with E-state index in [0.29, 0.717) is 0 Å². The van der Waals surface area contributed by atoms with Gasteiger partial charge in [-0.25, -0.2) is 4.98 Å². The second-order valence-electron chi connectivity index (χ2n) is 7.17. The predicted octanol–water partition coefficient (Wildman–Crippen LogP) is 3.02. The molecule has 6 nitrogen and oxygen atoms in total. The molecule has 158 valence electrons. The minimum Gasteiger partial charge on any atom is -0.368 e. The van der Waals surface area contributed by atoms with Crippen LogP contribution in [0.5, 0.6) is 0 Å². The Hall–Kier alpha value is -1.83. The fraction of sp³-hybridized carbons (Fsp3) is 0.524. The first kappa shape index (κ1) is 21.9. The van der Waals surface area contributed by atoms with Crippen LogP contribution in [0.4, 0.5) is 5.69 Å². The van der Waals surface area contributed by atoms with Crippen LogP contribution in [-0.4, -0.2) is 68.7 Å². The second-order valence-corrected chi connectivity index (χ2v) is 8.90. The van der Waals surface area contributed by atoms with Gasteiger partial charge in [0.1, 0.15) is 0 Å². The van der Waals surface area contributed by atoms with Crippen LogP contribution in [0.15, 0.2) is 35.5 Å². The number of nitrogens with one attached hydrogen (secondary N) is 2. The summed E-state index contributed by atoms with van der Waals surface area (Å²) in [7, 11) is 1.82. The zero-order valence-electron chi connectivity index (χ0n) is 17.3. The number of hydrogen-bond donors (Lipinski definition) is 2. The Morgan fingerprint density at radius 1 is 1.17 bits per heavy atom. The third kappa shape index (κ3) is 6.87. The lowest BCUT2D eigenvalue weighted by atomic mass is 10.2. The van der Waals surface area contributed by atoms with Crippen molar-refractivity contribution < 1.29 is 0 Å². The molecule has 29 heavy (non-hydrogen) atoms. The summed E-state index contributed by atoms with van der Waals surface area (Å²) in [5, 5.41) is 8.79. The van der Waals surface area contributed by atoms with Crippen LogP contribution in [0.3, 0.4) is 0 Å². The summed E-state index contributed by atoms with van der Waals surface area (Å²) in [5.74, 6) is 0.863. The van der Waals surface area contributed by atoms with E-state index in [4.69, 9.17) is 11.6 Å². The van der Waals surface area contributed by atoms with E-state index in [1.165, 1.54) is 9.88 Å².